The van der Waals surface area contributed by atoms with E-state index in [1.807, 2.05) is 18.2 Å². The monoisotopic (exact) mass is 269 g/mol. The van der Waals surface area contributed by atoms with Crippen LogP contribution >= 0.6 is 0 Å². The van der Waals surface area contributed by atoms with Crippen molar-refractivity contribution in [1.82, 2.24) is 0 Å². The van der Waals surface area contributed by atoms with E-state index in [0.717, 1.165) is 17.1 Å². The standard InChI is InChI=1S/C18H23NO/c1-13-11-17(20-5)15(18(2,3)4)12-16(13)19-14-9-7-6-8-10-14/h6-12,19H,1-5H3. The first-order valence-corrected chi connectivity index (χ1v) is 6.93. The highest BCUT2D eigenvalue weighted by atomic mass is 16.5. The fraction of sp³-hybridized carbons (Fsp3) is 0.333. The van der Waals surface area contributed by atoms with Gasteiger partial charge in [0.15, 0.2) is 0 Å². The van der Waals surface area contributed by atoms with E-state index in [0.29, 0.717) is 0 Å². The number of methoxy groups -OCH3 is 1. The summed E-state index contributed by atoms with van der Waals surface area (Å²) in [6.07, 6.45) is 0. The molecule has 0 saturated heterocycles. The van der Waals surface area contributed by atoms with Gasteiger partial charge in [-0.3, -0.25) is 0 Å². The average molecular weight is 269 g/mol. The van der Waals surface area contributed by atoms with Crippen LogP contribution in [0.25, 0.3) is 0 Å². The van der Waals surface area contributed by atoms with E-state index >= 15 is 0 Å². The lowest BCUT2D eigenvalue weighted by Gasteiger charge is -2.24. The van der Waals surface area contributed by atoms with Crippen LogP contribution in [-0.4, -0.2) is 7.11 Å². The van der Waals surface area contributed by atoms with Gasteiger partial charge in [-0.25, -0.2) is 0 Å². The number of aryl methyl sites for hydroxylation is 1. The summed E-state index contributed by atoms with van der Waals surface area (Å²) >= 11 is 0. The lowest BCUT2D eigenvalue weighted by atomic mass is 9.85. The predicted molar refractivity (Wildman–Crippen MR) is 86.2 cm³/mol. The number of ether oxygens (including phenoxy) is 1. The van der Waals surface area contributed by atoms with Crippen molar-refractivity contribution in [3.8, 4) is 5.75 Å². The molecule has 2 nitrogen and oxygen atoms in total. The van der Waals surface area contributed by atoms with Gasteiger partial charge in [-0.05, 0) is 42.2 Å². The molecule has 0 fully saturated rings. The molecule has 0 unspecified atom stereocenters. The Balaban J connectivity index is 2.44. The van der Waals surface area contributed by atoms with E-state index in [4.69, 9.17) is 4.74 Å². The summed E-state index contributed by atoms with van der Waals surface area (Å²) in [4.78, 5) is 0. The molecule has 0 radical (unpaired) electrons. The number of rotatable bonds is 3. The van der Waals surface area contributed by atoms with Crippen LogP contribution in [0.1, 0.15) is 31.9 Å². The van der Waals surface area contributed by atoms with Crippen molar-refractivity contribution < 1.29 is 4.74 Å². The van der Waals surface area contributed by atoms with E-state index in [1.54, 1.807) is 7.11 Å². The molecule has 0 atom stereocenters. The molecule has 0 aliphatic carbocycles. The van der Waals surface area contributed by atoms with Gasteiger partial charge in [-0.1, -0.05) is 39.0 Å². The summed E-state index contributed by atoms with van der Waals surface area (Å²) in [7, 11) is 1.73. The molecule has 2 heteroatoms. The van der Waals surface area contributed by atoms with Crippen LogP contribution in [-0.2, 0) is 5.41 Å². The quantitative estimate of drug-likeness (QED) is 0.842. The lowest BCUT2D eigenvalue weighted by Crippen LogP contribution is -2.13. The number of anilines is 2. The summed E-state index contributed by atoms with van der Waals surface area (Å²) in [6.45, 7) is 8.70. The smallest absolute Gasteiger partial charge is 0.122 e. The molecule has 0 heterocycles. The van der Waals surface area contributed by atoms with Crippen LogP contribution in [0.5, 0.6) is 5.75 Å². The third-order valence-corrected chi connectivity index (χ3v) is 3.41. The highest BCUT2D eigenvalue weighted by Gasteiger charge is 2.20. The number of benzene rings is 2. The Morgan fingerprint density at radius 2 is 1.65 bits per heavy atom. The predicted octanol–water partition coefficient (Wildman–Crippen LogP) is 5.04. The fourth-order valence-electron chi connectivity index (χ4n) is 2.25. The maximum absolute atomic E-state index is 5.53. The zero-order valence-electron chi connectivity index (χ0n) is 12.9. The normalized spacial score (nSPS) is 11.2. The molecule has 20 heavy (non-hydrogen) atoms. The minimum absolute atomic E-state index is 0.0478. The second-order valence-corrected chi connectivity index (χ2v) is 6.11. The largest absolute Gasteiger partial charge is 0.496 e. The van der Waals surface area contributed by atoms with Gasteiger partial charge in [0.05, 0.1) is 7.11 Å². The highest BCUT2D eigenvalue weighted by molar-refractivity contribution is 5.66. The Morgan fingerprint density at radius 3 is 2.20 bits per heavy atom. The van der Waals surface area contributed by atoms with E-state index in [-0.39, 0.29) is 5.41 Å². The maximum atomic E-state index is 5.53. The number of hydrogen-bond acceptors (Lipinski definition) is 2. The molecule has 0 saturated carbocycles. The van der Waals surface area contributed by atoms with Gasteiger partial charge >= 0.3 is 0 Å². The van der Waals surface area contributed by atoms with Crippen LogP contribution in [0.15, 0.2) is 42.5 Å². The van der Waals surface area contributed by atoms with E-state index in [2.05, 4.69) is 57.3 Å². The maximum Gasteiger partial charge on any atom is 0.122 e. The molecule has 0 aromatic heterocycles. The zero-order chi connectivity index (χ0) is 14.8. The lowest BCUT2D eigenvalue weighted by molar-refractivity contribution is 0.397. The van der Waals surface area contributed by atoms with Gasteiger partial charge in [0.2, 0.25) is 0 Å². The molecular weight excluding hydrogens is 246 g/mol. The van der Waals surface area contributed by atoms with Crippen molar-refractivity contribution in [3.05, 3.63) is 53.6 Å². The topological polar surface area (TPSA) is 21.3 Å². The Kier molecular flexibility index (Phi) is 4.03. The van der Waals surface area contributed by atoms with Crippen LogP contribution in [0.4, 0.5) is 11.4 Å². The molecule has 0 aliphatic heterocycles. The molecule has 0 aliphatic rings. The zero-order valence-corrected chi connectivity index (χ0v) is 12.9. The van der Waals surface area contributed by atoms with Crippen molar-refractivity contribution in [2.24, 2.45) is 0 Å². The second kappa shape index (κ2) is 5.58. The molecule has 0 spiro atoms. The van der Waals surface area contributed by atoms with E-state index in [1.165, 1.54) is 11.1 Å². The second-order valence-electron chi connectivity index (χ2n) is 6.11. The molecule has 106 valence electrons. The molecule has 1 N–H and O–H groups in total. The molecule has 2 aromatic rings. The Bertz CT molecular complexity index is 582. The first-order chi connectivity index (χ1) is 9.41. The van der Waals surface area contributed by atoms with Gasteiger partial charge in [0.25, 0.3) is 0 Å². The summed E-state index contributed by atoms with van der Waals surface area (Å²) in [5, 5.41) is 3.48. The van der Waals surface area contributed by atoms with Crippen LogP contribution in [0.2, 0.25) is 0 Å². The number of para-hydroxylation sites is 1. The van der Waals surface area contributed by atoms with E-state index in [9.17, 15) is 0 Å². The average Bonchev–Trinajstić information content (AvgIpc) is 2.40. The Morgan fingerprint density at radius 1 is 1.00 bits per heavy atom. The van der Waals surface area contributed by atoms with Crippen LogP contribution < -0.4 is 10.1 Å². The molecule has 2 aromatic carbocycles. The fourth-order valence-corrected chi connectivity index (χ4v) is 2.25. The van der Waals surface area contributed by atoms with Crippen molar-refractivity contribution in [2.75, 3.05) is 12.4 Å². The van der Waals surface area contributed by atoms with Crippen molar-refractivity contribution in [3.63, 3.8) is 0 Å². The SMILES string of the molecule is COc1cc(C)c(Nc2ccccc2)cc1C(C)(C)C. The summed E-state index contributed by atoms with van der Waals surface area (Å²) in [5.41, 5.74) is 4.66. The Labute approximate surface area is 121 Å². The van der Waals surface area contributed by atoms with Crippen LogP contribution in [0.3, 0.4) is 0 Å². The van der Waals surface area contributed by atoms with Gasteiger partial charge < -0.3 is 10.1 Å². The van der Waals surface area contributed by atoms with Gasteiger partial charge in [-0.2, -0.15) is 0 Å². The van der Waals surface area contributed by atoms with Gasteiger partial charge in [0, 0.05) is 16.9 Å². The summed E-state index contributed by atoms with van der Waals surface area (Å²) in [6, 6.07) is 14.5. The summed E-state index contributed by atoms with van der Waals surface area (Å²) < 4.78 is 5.53. The first-order valence-electron chi connectivity index (χ1n) is 6.93. The minimum atomic E-state index is 0.0478. The van der Waals surface area contributed by atoms with Gasteiger partial charge in [0.1, 0.15) is 5.75 Å². The van der Waals surface area contributed by atoms with Crippen molar-refractivity contribution in [2.45, 2.75) is 33.1 Å². The molecule has 0 bridgehead atoms. The minimum Gasteiger partial charge on any atom is -0.496 e. The summed E-state index contributed by atoms with van der Waals surface area (Å²) in [5.74, 6) is 0.952. The first kappa shape index (κ1) is 14.4. The van der Waals surface area contributed by atoms with Crippen LogP contribution in [0, 0.1) is 6.92 Å². The van der Waals surface area contributed by atoms with Crippen molar-refractivity contribution in [1.29, 1.82) is 0 Å². The molecule has 2 rings (SSSR count). The number of hydrogen-bond donors (Lipinski definition) is 1. The Hall–Kier alpha value is -1.96. The molecular formula is C18H23NO. The van der Waals surface area contributed by atoms with Gasteiger partial charge in [-0.15, -0.1) is 0 Å². The number of nitrogens with one attached hydrogen (secondary N) is 1. The van der Waals surface area contributed by atoms with E-state index < -0.39 is 0 Å². The third kappa shape index (κ3) is 3.13. The highest BCUT2D eigenvalue weighted by Crippen LogP contribution is 2.36. The third-order valence-electron chi connectivity index (χ3n) is 3.41. The molecule has 0 amide bonds. The van der Waals surface area contributed by atoms with Crippen molar-refractivity contribution >= 4 is 11.4 Å².